The molecule has 34 heavy (non-hydrogen) atoms. The van der Waals surface area contributed by atoms with Crippen LogP contribution >= 0.6 is 0 Å². The number of nitrogens with one attached hydrogen (secondary N) is 1. The van der Waals surface area contributed by atoms with E-state index in [0.717, 1.165) is 55.8 Å². The highest BCUT2D eigenvalue weighted by Gasteiger charge is 2.34. The summed E-state index contributed by atoms with van der Waals surface area (Å²) in [6.07, 6.45) is 3.39. The first-order valence-corrected chi connectivity index (χ1v) is 12.0. The molecule has 2 aromatic carbocycles. The van der Waals surface area contributed by atoms with Crippen LogP contribution in [0.3, 0.4) is 0 Å². The Bertz CT molecular complexity index is 1140. The van der Waals surface area contributed by atoms with E-state index in [9.17, 15) is 9.90 Å². The number of carbonyl (C=O) groups excluding carboxylic acids is 1. The van der Waals surface area contributed by atoms with Gasteiger partial charge in [0.15, 0.2) is 5.76 Å². The van der Waals surface area contributed by atoms with Gasteiger partial charge in [-0.25, -0.2) is 0 Å². The highest BCUT2D eigenvalue weighted by molar-refractivity contribution is 5.96. The van der Waals surface area contributed by atoms with Gasteiger partial charge in [-0.15, -0.1) is 0 Å². The van der Waals surface area contributed by atoms with E-state index in [1.165, 1.54) is 5.56 Å². The summed E-state index contributed by atoms with van der Waals surface area (Å²) < 4.78 is 16.7. The second-order valence-electron chi connectivity index (χ2n) is 9.37. The second kappa shape index (κ2) is 9.78. The van der Waals surface area contributed by atoms with Crippen molar-refractivity contribution < 1.29 is 23.8 Å². The number of hydrogen-bond donors (Lipinski definition) is 2. The van der Waals surface area contributed by atoms with Gasteiger partial charge in [-0.1, -0.05) is 18.2 Å². The maximum absolute atomic E-state index is 12.5. The van der Waals surface area contributed by atoms with Crippen molar-refractivity contribution in [1.29, 1.82) is 0 Å². The third-order valence-electron chi connectivity index (χ3n) is 7.02. The van der Waals surface area contributed by atoms with E-state index < -0.39 is 5.60 Å². The minimum absolute atomic E-state index is 0.0870. The van der Waals surface area contributed by atoms with E-state index >= 15 is 0 Å². The largest absolute Gasteiger partial charge is 0.497 e. The van der Waals surface area contributed by atoms with Crippen LogP contribution in [0.25, 0.3) is 11.0 Å². The van der Waals surface area contributed by atoms with Crippen molar-refractivity contribution in [2.75, 3.05) is 33.4 Å². The number of rotatable bonds is 7. The van der Waals surface area contributed by atoms with Gasteiger partial charge in [0, 0.05) is 38.2 Å². The third kappa shape index (κ3) is 4.97. The molecule has 3 heterocycles. The molecule has 1 atom stereocenters. The predicted octanol–water partition coefficient (Wildman–Crippen LogP) is 3.83. The fourth-order valence-corrected chi connectivity index (χ4v) is 4.94. The molecule has 2 aliphatic rings. The Balaban J connectivity index is 1.22. The molecule has 2 aliphatic heterocycles. The number of likely N-dealkylation sites (tertiary alicyclic amines) is 1. The molecule has 2 N–H and O–H groups in total. The molecule has 1 aromatic heterocycles. The van der Waals surface area contributed by atoms with Gasteiger partial charge in [-0.3, -0.25) is 9.69 Å². The van der Waals surface area contributed by atoms with Crippen molar-refractivity contribution in [1.82, 2.24) is 10.2 Å². The number of carbonyl (C=O) groups is 1. The molecule has 0 unspecified atom stereocenters. The quantitative estimate of drug-likeness (QED) is 0.553. The summed E-state index contributed by atoms with van der Waals surface area (Å²) in [5.41, 5.74) is 1.83. The van der Waals surface area contributed by atoms with Crippen molar-refractivity contribution in [3.8, 4) is 5.75 Å². The van der Waals surface area contributed by atoms with E-state index in [1.807, 2.05) is 30.3 Å². The van der Waals surface area contributed by atoms with E-state index in [2.05, 4.69) is 22.3 Å². The van der Waals surface area contributed by atoms with E-state index in [-0.39, 0.29) is 17.8 Å². The lowest BCUT2D eigenvalue weighted by Gasteiger charge is -2.38. The monoisotopic (exact) mass is 464 g/mol. The van der Waals surface area contributed by atoms with Crippen molar-refractivity contribution >= 4 is 16.9 Å². The minimum atomic E-state index is -0.890. The summed E-state index contributed by atoms with van der Waals surface area (Å²) in [6, 6.07) is 15.6. The number of benzene rings is 2. The number of nitrogens with zero attached hydrogens (tertiary/aromatic N) is 1. The van der Waals surface area contributed by atoms with Crippen molar-refractivity contribution in [2.24, 2.45) is 0 Å². The summed E-state index contributed by atoms with van der Waals surface area (Å²) in [5, 5.41) is 15.1. The molecule has 0 radical (unpaired) electrons. The average molecular weight is 465 g/mol. The number of ether oxygens (including phenoxy) is 2. The Labute approximate surface area is 199 Å². The third-order valence-corrected chi connectivity index (χ3v) is 7.02. The Kier molecular flexibility index (Phi) is 6.59. The lowest BCUT2D eigenvalue weighted by Crippen LogP contribution is -2.42. The van der Waals surface area contributed by atoms with Crippen LogP contribution in [-0.4, -0.2) is 55.4 Å². The molecule has 2 fully saturated rings. The molecule has 0 aliphatic carbocycles. The van der Waals surface area contributed by atoms with Gasteiger partial charge in [-0.05, 0) is 67.1 Å². The van der Waals surface area contributed by atoms with Crippen LogP contribution in [0.5, 0.6) is 5.75 Å². The SMILES string of the molecule is COc1cccc(CN2CCC(O)(c3ccc4oc(C(=O)NC[C@H]5CCCO5)cc4c3)CC2)c1. The number of hydrogen-bond acceptors (Lipinski definition) is 6. The molecule has 5 rings (SSSR count). The molecular weight excluding hydrogens is 432 g/mol. The van der Waals surface area contributed by atoms with Crippen molar-refractivity contribution in [3.05, 3.63) is 65.4 Å². The second-order valence-corrected chi connectivity index (χ2v) is 9.37. The number of methoxy groups -OCH3 is 1. The Morgan fingerprint density at radius 2 is 2.06 bits per heavy atom. The molecule has 7 nitrogen and oxygen atoms in total. The highest BCUT2D eigenvalue weighted by Crippen LogP contribution is 2.35. The van der Waals surface area contributed by atoms with E-state index in [1.54, 1.807) is 13.2 Å². The Hall–Kier alpha value is -2.87. The van der Waals surface area contributed by atoms with Crippen LogP contribution in [0.15, 0.2) is 52.9 Å². The van der Waals surface area contributed by atoms with Crippen LogP contribution in [0.2, 0.25) is 0 Å². The first-order chi connectivity index (χ1) is 16.5. The maximum Gasteiger partial charge on any atom is 0.287 e. The molecular formula is C27H32N2O5. The minimum Gasteiger partial charge on any atom is -0.497 e. The first-order valence-electron chi connectivity index (χ1n) is 12.0. The molecule has 0 bridgehead atoms. The van der Waals surface area contributed by atoms with Crippen LogP contribution in [0, 0.1) is 0 Å². The fraction of sp³-hybridized carbons (Fsp3) is 0.444. The van der Waals surface area contributed by atoms with Gasteiger partial charge in [0.25, 0.3) is 5.91 Å². The van der Waals surface area contributed by atoms with E-state index in [0.29, 0.717) is 25.0 Å². The molecule has 1 amide bonds. The first kappa shape index (κ1) is 22.9. The van der Waals surface area contributed by atoms with Crippen molar-refractivity contribution in [2.45, 2.75) is 43.9 Å². The zero-order valence-electron chi connectivity index (χ0n) is 19.6. The van der Waals surface area contributed by atoms with E-state index in [4.69, 9.17) is 13.9 Å². The van der Waals surface area contributed by atoms with Gasteiger partial charge in [0.1, 0.15) is 11.3 Å². The highest BCUT2D eigenvalue weighted by atomic mass is 16.5. The summed E-state index contributed by atoms with van der Waals surface area (Å²) >= 11 is 0. The fourth-order valence-electron chi connectivity index (χ4n) is 4.94. The Morgan fingerprint density at radius 1 is 1.21 bits per heavy atom. The molecule has 180 valence electrons. The maximum atomic E-state index is 12.5. The van der Waals surface area contributed by atoms with Gasteiger partial charge < -0.3 is 24.3 Å². The average Bonchev–Trinajstić information content (AvgIpc) is 3.54. The van der Waals surface area contributed by atoms with Crippen LogP contribution in [0.4, 0.5) is 0 Å². The lowest BCUT2D eigenvalue weighted by atomic mass is 9.84. The summed E-state index contributed by atoms with van der Waals surface area (Å²) in [6.45, 7) is 3.68. The van der Waals surface area contributed by atoms with Gasteiger partial charge in [0.05, 0.1) is 18.8 Å². The van der Waals surface area contributed by atoms with Crippen LogP contribution < -0.4 is 10.1 Å². The molecule has 3 aromatic rings. The molecule has 7 heteroatoms. The number of amides is 1. The summed E-state index contributed by atoms with van der Waals surface area (Å²) in [7, 11) is 1.68. The Morgan fingerprint density at radius 3 is 2.82 bits per heavy atom. The number of fused-ring (bicyclic) bond motifs is 1. The topological polar surface area (TPSA) is 84.2 Å². The van der Waals surface area contributed by atoms with Crippen LogP contribution in [-0.2, 0) is 16.9 Å². The number of furan rings is 1. The molecule has 0 saturated carbocycles. The smallest absolute Gasteiger partial charge is 0.287 e. The zero-order valence-corrected chi connectivity index (χ0v) is 19.6. The van der Waals surface area contributed by atoms with Crippen LogP contribution in [0.1, 0.15) is 47.4 Å². The predicted molar refractivity (Wildman–Crippen MR) is 129 cm³/mol. The molecule has 0 spiro atoms. The molecule has 2 saturated heterocycles. The lowest BCUT2D eigenvalue weighted by molar-refractivity contribution is -0.0276. The number of piperidine rings is 1. The number of aliphatic hydroxyl groups is 1. The standard InChI is InChI=1S/C27H32N2O5/c1-32-22-5-2-4-19(14-22)18-29-11-9-27(31,10-12-29)21-7-8-24-20(15-21)16-25(34-24)26(30)28-17-23-6-3-13-33-23/h2,4-5,7-8,14-16,23,31H,3,6,9-13,17-18H2,1H3,(H,28,30)/t23-/m1/s1. The van der Waals surface area contributed by atoms with Gasteiger partial charge >= 0.3 is 0 Å². The normalized spacial score (nSPS) is 20.5. The zero-order chi connectivity index (χ0) is 23.5. The van der Waals surface area contributed by atoms with Gasteiger partial charge in [0.2, 0.25) is 0 Å². The van der Waals surface area contributed by atoms with Crippen molar-refractivity contribution in [3.63, 3.8) is 0 Å². The summed E-state index contributed by atoms with van der Waals surface area (Å²) in [4.78, 5) is 14.9. The van der Waals surface area contributed by atoms with Gasteiger partial charge in [-0.2, -0.15) is 0 Å². The summed E-state index contributed by atoms with van der Waals surface area (Å²) in [5.74, 6) is 0.905.